The van der Waals surface area contributed by atoms with Crippen LogP contribution in [0.4, 0.5) is 5.95 Å². The van der Waals surface area contributed by atoms with Crippen LogP contribution in [0.25, 0.3) is 10.9 Å². The monoisotopic (exact) mass is 227 g/mol. The Labute approximate surface area is 101 Å². The van der Waals surface area contributed by atoms with Crippen LogP contribution in [0.15, 0.2) is 24.3 Å². The van der Waals surface area contributed by atoms with Crippen LogP contribution in [0.5, 0.6) is 0 Å². The standard InChI is InChI=1S/C14H17N3/c15-14-16-12-9-5-4-8-11(12)13(17-14)10-6-2-1-3-7-10/h4-5,8-10H,1-3,6-7H2,(H2,15,16,17). The van der Waals surface area contributed by atoms with Crippen molar-refractivity contribution in [3.8, 4) is 0 Å². The summed E-state index contributed by atoms with van der Waals surface area (Å²) in [5.41, 5.74) is 7.94. The molecular formula is C14H17N3. The fourth-order valence-corrected chi connectivity index (χ4v) is 2.81. The first kappa shape index (κ1) is 10.5. The number of para-hydroxylation sites is 1. The summed E-state index contributed by atoms with van der Waals surface area (Å²) in [7, 11) is 0. The summed E-state index contributed by atoms with van der Waals surface area (Å²) in [4.78, 5) is 8.79. The largest absolute Gasteiger partial charge is 0.368 e. The molecule has 2 aromatic rings. The zero-order chi connectivity index (χ0) is 11.7. The number of nitrogens with two attached hydrogens (primary N) is 1. The van der Waals surface area contributed by atoms with Crippen molar-refractivity contribution in [3.63, 3.8) is 0 Å². The molecule has 2 N–H and O–H groups in total. The molecule has 3 rings (SSSR count). The normalized spacial score (nSPS) is 17.4. The Hall–Kier alpha value is -1.64. The van der Waals surface area contributed by atoms with Crippen molar-refractivity contribution in [1.29, 1.82) is 0 Å². The summed E-state index contributed by atoms with van der Waals surface area (Å²) < 4.78 is 0. The number of nitrogens with zero attached hydrogens (tertiary/aromatic N) is 2. The van der Waals surface area contributed by atoms with E-state index < -0.39 is 0 Å². The molecule has 1 heterocycles. The van der Waals surface area contributed by atoms with Crippen LogP contribution in [0.1, 0.15) is 43.7 Å². The van der Waals surface area contributed by atoms with Crippen molar-refractivity contribution < 1.29 is 0 Å². The molecule has 17 heavy (non-hydrogen) atoms. The summed E-state index contributed by atoms with van der Waals surface area (Å²) in [5.74, 6) is 0.975. The van der Waals surface area contributed by atoms with Crippen LogP contribution in [0, 0.1) is 0 Å². The van der Waals surface area contributed by atoms with E-state index in [0.717, 1.165) is 11.2 Å². The number of hydrogen-bond acceptors (Lipinski definition) is 3. The molecule has 1 fully saturated rings. The molecule has 1 aliphatic carbocycles. The Kier molecular flexibility index (Phi) is 2.67. The van der Waals surface area contributed by atoms with Gasteiger partial charge in [0.25, 0.3) is 0 Å². The molecule has 0 atom stereocenters. The molecule has 0 unspecified atom stereocenters. The first-order valence-electron chi connectivity index (χ1n) is 6.37. The summed E-state index contributed by atoms with van der Waals surface area (Å²) >= 11 is 0. The zero-order valence-corrected chi connectivity index (χ0v) is 9.89. The summed E-state index contributed by atoms with van der Waals surface area (Å²) in [5, 5.41) is 1.17. The Bertz CT molecular complexity index is 530. The zero-order valence-electron chi connectivity index (χ0n) is 9.89. The predicted molar refractivity (Wildman–Crippen MR) is 69.8 cm³/mol. The molecule has 3 heteroatoms. The van der Waals surface area contributed by atoms with Crippen molar-refractivity contribution >= 4 is 16.9 Å². The smallest absolute Gasteiger partial charge is 0.220 e. The topological polar surface area (TPSA) is 51.8 Å². The molecule has 0 aliphatic heterocycles. The van der Waals surface area contributed by atoms with Gasteiger partial charge in [-0.1, -0.05) is 37.5 Å². The number of nitrogen functional groups attached to an aromatic ring is 1. The van der Waals surface area contributed by atoms with E-state index in [-0.39, 0.29) is 0 Å². The number of anilines is 1. The second-order valence-electron chi connectivity index (χ2n) is 4.82. The Morgan fingerprint density at radius 2 is 1.76 bits per heavy atom. The fraction of sp³-hybridized carbons (Fsp3) is 0.429. The predicted octanol–water partition coefficient (Wildman–Crippen LogP) is 3.26. The Morgan fingerprint density at radius 3 is 2.59 bits per heavy atom. The second kappa shape index (κ2) is 4.32. The van der Waals surface area contributed by atoms with Gasteiger partial charge in [-0.3, -0.25) is 0 Å². The van der Waals surface area contributed by atoms with Crippen molar-refractivity contribution in [2.75, 3.05) is 5.73 Å². The van der Waals surface area contributed by atoms with Crippen LogP contribution in [0.2, 0.25) is 0 Å². The maximum absolute atomic E-state index is 5.81. The molecule has 3 nitrogen and oxygen atoms in total. The maximum atomic E-state index is 5.81. The van der Waals surface area contributed by atoms with Crippen molar-refractivity contribution in [1.82, 2.24) is 9.97 Å². The third-order valence-corrected chi connectivity index (χ3v) is 3.64. The van der Waals surface area contributed by atoms with Gasteiger partial charge < -0.3 is 5.73 Å². The summed E-state index contributed by atoms with van der Waals surface area (Å²) in [6, 6.07) is 8.17. The molecule has 1 aliphatic rings. The summed E-state index contributed by atoms with van der Waals surface area (Å²) in [6.07, 6.45) is 6.45. The van der Waals surface area contributed by atoms with E-state index in [1.54, 1.807) is 0 Å². The number of benzene rings is 1. The molecule has 1 aromatic heterocycles. The molecule has 1 aromatic carbocycles. The van der Waals surface area contributed by atoms with Gasteiger partial charge in [0, 0.05) is 11.3 Å². The van der Waals surface area contributed by atoms with E-state index in [0.29, 0.717) is 11.9 Å². The van der Waals surface area contributed by atoms with Crippen LogP contribution in [0.3, 0.4) is 0 Å². The number of hydrogen-bond donors (Lipinski definition) is 1. The highest BCUT2D eigenvalue weighted by Gasteiger charge is 2.19. The van der Waals surface area contributed by atoms with Gasteiger partial charge in [0.05, 0.1) is 11.2 Å². The van der Waals surface area contributed by atoms with Crippen molar-refractivity contribution in [2.45, 2.75) is 38.0 Å². The molecule has 0 radical (unpaired) electrons. The van der Waals surface area contributed by atoms with Crippen LogP contribution in [-0.2, 0) is 0 Å². The minimum atomic E-state index is 0.407. The van der Waals surface area contributed by atoms with E-state index in [1.807, 2.05) is 18.2 Å². The van der Waals surface area contributed by atoms with Gasteiger partial charge in [0.15, 0.2) is 0 Å². The summed E-state index contributed by atoms with van der Waals surface area (Å²) in [6.45, 7) is 0. The number of aromatic nitrogens is 2. The average molecular weight is 227 g/mol. The van der Waals surface area contributed by atoms with E-state index in [9.17, 15) is 0 Å². The Balaban J connectivity index is 2.13. The molecule has 0 saturated heterocycles. The van der Waals surface area contributed by atoms with Crippen LogP contribution >= 0.6 is 0 Å². The lowest BCUT2D eigenvalue weighted by atomic mass is 9.85. The minimum Gasteiger partial charge on any atom is -0.368 e. The van der Waals surface area contributed by atoms with Gasteiger partial charge >= 0.3 is 0 Å². The lowest BCUT2D eigenvalue weighted by molar-refractivity contribution is 0.439. The highest BCUT2D eigenvalue weighted by Crippen LogP contribution is 2.34. The van der Waals surface area contributed by atoms with Crippen molar-refractivity contribution in [3.05, 3.63) is 30.0 Å². The SMILES string of the molecule is Nc1nc(C2CCCCC2)c2ccccc2n1. The lowest BCUT2D eigenvalue weighted by Crippen LogP contribution is -2.09. The molecule has 0 amide bonds. The minimum absolute atomic E-state index is 0.407. The first-order chi connectivity index (χ1) is 8.34. The van der Waals surface area contributed by atoms with Gasteiger partial charge in [-0.05, 0) is 18.9 Å². The van der Waals surface area contributed by atoms with Gasteiger partial charge in [-0.2, -0.15) is 0 Å². The van der Waals surface area contributed by atoms with Crippen LogP contribution in [-0.4, -0.2) is 9.97 Å². The fourth-order valence-electron chi connectivity index (χ4n) is 2.81. The maximum Gasteiger partial charge on any atom is 0.220 e. The molecular weight excluding hydrogens is 210 g/mol. The van der Waals surface area contributed by atoms with E-state index >= 15 is 0 Å². The second-order valence-corrected chi connectivity index (χ2v) is 4.82. The molecule has 0 spiro atoms. The number of rotatable bonds is 1. The van der Waals surface area contributed by atoms with E-state index in [1.165, 1.54) is 37.5 Å². The highest BCUT2D eigenvalue weighted by atomic mass is 15.0. The van der Waals surface area contributed by atoms with Gasteiger partial charge in [-0.15, -0.1) is 0 Å². The molecule has 1 saturated carbocycles. The third-order valence-electron chi connectivity index (χ3n) is 3.64. The van der Waals surface area contributed by atoms with Gasteiger partial charge in [0.2, 0.25) is 5.95 Å². The Morgan fingerprint density at radius 1 is 1.00 bits per heavy atom. The average Bonchev–Trinajstić information content (AvgIpc) is 2.39. The van der Waals surface area contributed by atoms with E-state index in [4.69, 9.17) is 5.73 Å². The molecule has 88 valence electrons. The molecule has 0 bridgehead atoms. The van der Waals surface area contributed by atoms with Crippen molar-refractivity contribution in [2.24, 2.45) is 0 Å². The van der Waals surface area contributed by atoms with E-state index in [2.05, 4.69) is 16.0 Å². The lowest BCUT2D eigenvalue weighted by Gasteiger charge is -2.22. The highest BCUT2D eigenvalue weighted by molar-refractivity contribution is 5.82. The van der Waals surface area contributed by atoms with Gasteiger partial charge in [0.1, 0.15) is 0 Å². The van der Waals surface area contributed by atoms with Crippen LogP contribution < -0.4 is 5.73 Å². The van der Waals surface area contributed by atoms with Gasteiger partial charge in [-0.25, -0.2) is 9.97 Å². The quantitative estimate of drug-likeness (QED) is 0.813. The number of fused-ring (bicyclic) bond motifs is 1. The third kappa shape index (κ3) is 1.97. The first-order valence-corrected chi connectivity index (χ1v) is 6.37.